The molecule has 0 bridgehead atoms. The number of aryl methyl sites for hydroxylation is 1. The zero-order valence-corrected chi connectivity index (χ0v) is 14.9. The van der Waals surface area contributed by atoms with Crippen molar-refractivity contribution in [2.45, 2.75) is 18.7 Å². The summed E-state index contributed by atoms with van der Waals surface area (Å²) in [6.07, 6.45) is 8.66. The molecule has 0 aromatic carbocycles. The number of aromatic nitrogens is 5. The number of aliphatic hydroxyl groups excluding tert-OH is 1. The molecule has 4 heterocycles. The molecule has 1 aliphatic heterocycles. The molecule has 2 N–H and O–H groups in total. The summed E-state index contributed by atoms with van der Waals surface area (Å²) < 4.78 is 3.64. The number of hydrogen-bond acceptors (Lipinski definition) is 7. The average molecular weight is 364 g/mol. The third-order valence-electron chi connectivity index (χ3n) is 4.63. The Balaban J connectivity index is 1.43. The summed E-state index contributed by atoms with van der Waals surface area (Å²) in [5, 5.41) is 30.3. The van der Waals surface area contributed by atoms with Crippen LogP contribution in [0, 0.1) is 11.3 Å². The first kappa shape index (κ1) is 17.2. The van der Waals surface area contributed by atoms with Gasteiger partial charge in [-0.25, -0.2) is 4.98 Å². The highest BCUT2D eigenvalue weighted by atomic mass is 16.3. The lowest BCUT2D eigenvalue weighted by molar-refractivity contribution is -0.0592. The maximum atomic E-state index is 9.82. The lowest BCUT2D eigenvalue weighted by Gasteiger charge is -2.41. The van der Waals surface area contributed by atoms with Crippen molar-refractivity contribution in [3.05, 3.63) is 43.1 Å². The van der Waals surface area contributed by atoms with Crippen LogP contribution in [0.1, 0.15) is 12.5 Å². The van der Waals surface area contributed by atoms with E-state index in [0.717, 1.165) is 22.6 Å². The van der Waals surface area contributed by atoms with E-state index in [4.69, 9.17) is 5.26 Å². The number of nitrogens with one attached hydrogen (secondary N) is 1. The van der Waals surface area contributed by atoms with Crippen molar-refractivity contribution >= 4 is 11.5 Å². The van der Waals surface area contributed by atoms with Crippen molar-refractivity contribution in [1.82, 2.24) is 29.4 Å². The van der Waals surface area contributed by atoms with Crippen LogP contribution in [0.15, 0.2) is 43.1 Å². The number of hydrogen-bond donors (Lipinski definition) is 2. The normalized spacial score (nSPS) is 15.9. The van der Waals surface area contributed by atoms with Crippen LogP contribution < -0.4 is 5.32 Å². The van der Waals surface area contributed by atoms with E-state index < -0.39 is 6.23 Å². The highest BCUT2D eigenvalue weighted by molar-refractivity contribution is 5.67. The second-order valence-electron chi connectivity index (χ2n) is 6.62. The van der Waals surface area contributed by atoms with Crippen molar-refractivity contribution in [3.8, 4) is 17.2 Å². The van der Waals surface area contributed by atoms with E-state index in [1.165, 1.54) is 0 Å². The van der Waals surface area contributed by atoms with Gasteiger partial charge in [-0.05, 0) is 17.7 Å². The van der Waals surface area contributed by atoms with E-state index in [9.17, 15) is 5.11 Å². The fraction of sp³-hybridized carbons (Fsp3) is 0.333. The molecule has 0 spiro atoms. The Morgan fingerprint density at radius 1 is 1.30 bits per heavy atom. The van der Waals surface area contributed by atoms with Crippen LogP contribution in [0.4, 0.5) is 11.5 Å². The van der Waals surface area contributed by atoms with E-state index in [2.05, 4.69) is 20.5 Å². The molecule has 0 saturated carbocycles. The van der Waals surface area contributed by atoms with Crippen LogP contribution in [-0.2, 0) is 7.05 Å². The second-order valence-corrected chi connectivity index (χ2v) is 6.62. The summed E-state index contributed by atoms with van der Waals surface area (Å²) in [4.78, 5) is 6.22. The van der Waals surface area contributed by atoms with Crippen molar-refractivity contribution in [2.75, 3.05) is 18.4 Å². The molecular weight excluding hydrogens is 344 g/mol. The second kappa shape index (κ2) is 7.19. The molecule has 1 aliphatic rings. The molecule has 9 nitrogen and oxygen atoms in total. The van der Waals surface area contributed by atoms with Crippen molar-refractivity contribution < 1.29 is 5.11 Å². The predicted octanol–water partition coefficient (Wildman–Crippen LogP) is 1.51. The summed E-state index contributed by atoms with van der Waals surface area (Å²) in [6.45, 7) is 1.38. The molecule has 1 saturated heterocycles. The van der Waals surface area contributed by atoms with Crippen LogP contribution in [0.25, 0.3) is 11.1 Å². The Morgan fingerprint density at radius 3 is 2.89 bits per heavy atom. The van der Waals surface area contributed by atoms with Gasteiger partial charge in [-0.15, -0.1) is 0 Å². The summed E-state index contributed by atoms with van der Waals surface area (Å²) in [6, 6.07) is 6.11. The van der Waals surface area contributed by atoms with Gasteiger partial charge in [0, 0.05) is 44.3 Å². The van der Waals surface area contributed by atoms with Crippen LogP contribution in [-0.4, -0.2) is 53.9 Å². The first-order chi connectivity index (χ1) is 13.1. The Morgan fingerprint density at radius 2 is 2.15 bits per heavy atom. The van der Waals surface area contributed by atoms with Gasteiger partial charge in [0.1, 0.15) is 12.0 Å². The van der Waals surface area contributed by atoms with Crippen molar-refractivity contribution in [1.29, 1.82) is 5.26 Å². The summed E-state index contributed by atoms with van der Waals surface area (Å²) >= 11 is 0. The van der Waals surface area contributed by atoms with Crippen LogP contribution in [0.2, 0.25) is 0 Å². The first-order valence-corrected chi connectivity index (χ1v) is 8.67. The highest BCUT2D eigenvalue weighted by Crippen LogP contribution is 2.27. The van der Waals surface area contributed by atoms with E-state index >= 15 is 0 Å². The molecule has 0 amide bonds. The maximum Gasteiger partial charge on any atom is 0.130 e. The quantitative estimate of drug-likeness (QED) is 0.682. The van der Waals surface area contributed by atoms with Crippen molar-refractivity contribution in [3.63, 3.8) is 0 Å². The zero-order valence-electron chi connectivity index (χ0n) is 14.9. The largest absolute Gasteiger partial charge is 0.377 e. The first-order valence-electron chi connectivity index (χ1n) is 8.67. The molecule has 1 fully saturated rings. The third kappa shape index (κ3) is 3.67. The number of likely N-dealkylation sites (tertiary alicyclic amines) is 1. The summed E-state index contributed by atoms with van der Waals surface area (Å²) in [5.74, 6) is 0.739. The Labute approximate surface area is 156 Å². The Hall–Kier alpha value is -3.22. The molecule has 1 unspecified atom stereocenters. The number of anilines is 2. The molecule has 4 rings (SSSR count). The number of pyridine rings is 1. The molecule has 138 valence electrons. The van der Waals surface area contributed by atoms with Crippen molar-refractivity contribution in [2.24, 2.45) is 7.05 Å². The SMILES string of the molecule is Cn1cc(Nc2cc(-c3cnn(C4CN(C(O)CC#N)C4)c3)ccn2)cn1. The number of aliphatic hydroxyl groups is 1. The van der Waals surface area contributed by atoms with Gasteiger partial charge in [-0.2, -0.15) is 15.5 Å². The molecule has 3 aromatic heterocycles. The minimum absolute atomic E-state index is 0.126. The van der Waals surface area contributed by atoms with Gasteiger partial charge in [-0.1, -0.05) is 0 Å². The fourth-order valence-corrected chi connectivity index (χ4v) is 3.11. The van der Waals surface area contributed by atoms with Gasteiger partial charge < -0.3 is 10.4 Å². The van der Waals surface area contributed by atoms with Crippen LogP contribution >= 0.6 is 0 Å². The summed E-state index contributed by atoms with van der Waals surface area (Å²) in [7, 11) is 1.87. The number of rotatable bonds is 6. The lowest BCUT2D eigenvalue weighted by atomic mass is 10.1. The fourth-order valence-electron chi connectivity index (χ4n) is 3.11. The van der Waals surface area contributed by atoms with E-state index in [1.54, 1.807) is 17.1 Å². The molecule has 0 aliphatic carbocycles. The topological polar surface area (TPSA) is 108 Å². The van der Waals surface area contributed by atoms with Gasteiger partial charge in [-0.3, -0.25) is 14.3 Å². The smallest absolute Gasteiger partial charge is 0.130 e. The van der Waals surface area contributed by atoms with Gasteiger partial charge in [0.15, 0.2) is 0 Å². The lowest BCUT2D eigenvalue weighted by Crippen LogP contribution is -2.52. The third-order valence-corrected chi connectivity index (χ3v) is 4.63. The summed E-state index contributed by atoms with van der Waals surface area (Å²) in [5.41, 5.74) is 2.90. The Bertz CT molecular complexity index is 966. The Kier molecular flexibility index (Phi) is 4.58. The van der Waals surface area contributed by atoms with E-state index in [1.807, 2.05) is 53.4 Å². The molecule has 9 heteroatoms. The van der Waals surface area contributed by atoms with Gasteiger partial charge >= 0.3 is 0 Å². The molecule has 1 atom stereocenters. The molecule has 27 heavy (non-hydrogen) atoms. The van der Waals surface area contributed by atoms with Crippen LogP contribution in [0.5, 0.6) is 0 Å². The highest BCUT2D eigenvalue weighted by Gasteiger charge is 2.33. The van der Waals surface area contributed by atoms with Gasteiger partial charge in [0.25, 0.3) is 0 Å². The minimum atomic E-state index is -0.692. The number of nitrogens with zero attached hydrogens (tertiary/aromatic N) is 7. The van der Waals surface area contributed by atoms with Gasteiger partial charge in [0.2, 0.25) is 0 Å². The maximum absolute atomic E-state index is 9.82. The number of nitriles is 1. The monoisotopic (exact) mass is 364 g/mol. The molecule has 0 radical (unpaired) electrons. The minimum Gasteiger partial charge on any atom is -0.377 e. The van der Waals surface area contributed by atoms with E-state index in [0.29, 0.717) is 13.1 Å². The zero-order chi connectivity index (χ0) is 18.8. The standard InChI is InChI=1S/C18H20N8O/c1-24-10-15(8-21-24)23-17-6-13(3-5-20-17)14-7-22-26(9-14)16-11-25(12-16)18(27)2-4-19/h3,5-10,16,18,27H,2,11-12H2,1H3,(H,20,23). The predicted molar refractivity (Wildman–Crippen MR) is 98.8 cm³/mol. The molecular formula is C18H20N8O. The average Bonchev–Trinajstić information content (AvgIpc) is 3.24. The van der Waals surface area contributed by atoms with Gasteiger partial charge in [0.05, 0.1) is 36.6 Å². The molecule has 3 aromatic rings. The van der Waals surface area contributed by atoms with E-state index in [-0.39, 0.29) is 12.5 Å². The van der Waals surface area contributed by atoms with Crippen LogP contribution in [0.3, 0.4) is 0 Å².